The number of amides is 2. The van der Waals surface area contributed by atoms with Crippen LogP contribution in [0.1, 0.15) is 26.4 Å². The van der Waals surface area contributed by atoms with E-state index in [-0.39, 0.29) is 16.9 Å². The van der Waals surface area contributed by atoms with Gasteiger partial charge in [-0.15, -0.1) is 0 Å². The molecule has 0 atom stereocenters. The van der Waals surface area contributed by atoms with Gasteiger partial charge in [0, 0.05) is 11.2 Å². The molecule has 2 amide bonds. The van der Waals surface area contributed by atoms with Gasteiger partial charge >= 0.3 is 0 Å². The fourth-order valence-electron chi connectivity index (χ4n) is 2.31. The van der Waals surface area contributed by atoms with Crippen LogP contribution in [0.15, 0.2) is 72.0 Å². The summed E-state index contributed by atoms with van der Waals surface area (Å²) >= 11 is 5.98. The molecule has 28 heavy (non-hydrogen) atoms. The van der Waals surface area contributed by atoms with Crippen molar-refractivity contribution >= 4 is 35.3 Å². The molecule has 0 aliphatic heterocycles. The van der Waals surface area contributed by atoms with E-state index in [4.69, 9.17) is 11.6 Å². The highest BCUT2D eigenvalue weighted by molar-refractivity contribution is 6.31. The zero-order valence-electron chi connectivity index (χ0n) is 14.4. The van der Waals surface area contributed by atoms with E-state index >= 15 is 0 Å². The molecule has 2 aromatic carbocycles. The van der Waals surface area contributed by atoms with E-state index in [0.29, 0.717) is 10.6 Å². The largest absolute Gasteiger partial charge is 0.320 e. The van der Waals surface area contributed by atoms with Gasteiger partial charge in [-0.25, -0.2) is 9.82 Å². The minimum absolute atomic E-state index is 0.119. The molecule has 0 spiro atoms. The predicted octanol–water partition coefficient (Wildman–Crippen LogP) is 3.89. The summed E-state index contributed by atoms with van der Waals surface area (Å²) in [5, 5.41) is 6.75. The van der Waals surface area contributed by atoms with Crippen molar-refractivity contribution in [2.45, 2.75) is 0 Å². The number of hydrogen-bond donors (Lipinski definition) is 2. The van der Waals surface area contributed by atoms with Crippen LogP contribution >= 0.6 is 11.6 Å². The number of nitrogens with zero attached hydrogens (tertiary/aromatic N) is 2. The van der Waals surface area contributed by atoms with E-state index in [1.165, 1.54) is 42.7 Å². The molecule has 1 aromatic heterocycles. The summed E-state index contributed by atoms with van der Waals surface area (Å²) in [6.07, 6.45) is 2.79. The second kappa shape index (κ2) is 8.88. The SMILES string of the molecule is O=C(Nc1ccc(Cl)cc1C(=O)N/N=C/c1cccc(F)c1)c1ccccn1. The average Bonchev–Trinajstić information content (AvgIpc) is 2.70. The third-order valence-corrected chi connectivity index (χ3v) is 3.84. The summed E-state index contributed by atoms with van der Waals surface area (Å²) in [5.74, 6) is -1.48. The highest BCUT2D eigenvalue weighted by Crippen LogP contribution is 2.21. The van der Waals surface area contributed by atoms with Crippen LogP contribution in [0.25, 0.3) is 0 Å². The first kappa shape index (κ1) is 19.2. The standard InChI is InChI=1S/C20H14ClFN4O2/c21-14-7-8-17(25-20(28)18-6-1-2-9-23-18)16(11-14)19(27)26-24-12-13-4-3-5-15(22)10-13/h1-12H,(H,25,28)(H,26,27)/b24-12+. The Morgan fingerprint density at radius 1 is 1.04 bits per heavy atom. The van der Waals surface area contributed by atoms with Gasteiger partial charge in [0.15, 0.2) is 0 Å². The van der Waals surface area contributed by atoms with Crippen LogP contribution < -0.4 is 10.7 Å². The molecule has 140 valence electrons. The molecule has 8 heteroatoms. The fourth-order valence-corrected chi connectivity index (χ4v) is 2.48. The molecule has 0 fully saturated rings. The van der Waals surface area contributed by atoms with Gasteiger partial charge in [-0.2, -0.15) is 5.10 Å². The number of rotatable bonds is 5. The summed E-state index contributed by atoms with van der Waals surface area (Å²) < 4.78 is 13.2. The van der Waals surface area contributed by atoms with Gasteiger partial charge in [-0.1, -0.05) is 29.8 Å². The molecular weight excluding hydrogens is 383 g/mol. The highest BCUT2D eigenvalue weighted by Gasteiger charge is 2.15. The van der Waals surface area contributed by atoms with Crippen molar-refractivity contribution in [2.75, 3.05) is 5.32 Å². The zero-order chi connectivity index (χ0) is 19.9. The third-order valence-electron chi connectivity index (χ3n) is 3.60. The number of aromatic nitrogens is 1. The zero-order valence-corrected chi connectivity index (χ0v) is 15.2. The van der Waals surface area contributed by atoms with Crippen molar-refractivity contribution in [1.82, 2.24) is 10.4 Å². The van der Waals surface area contributed by atoms with E-state index < -0.39 is 17.6 Å². The topological polar surface area (TPSA) is 83.5 Å². The Morgan fingerprint density at radius 2 is 1.89 bits per heavy atom. The molecule has 0 aliphatic rings. The number of benzene rings is 2. The average molecular weight is 397 g/mol. The number of halogens is 2. The number of carbonyl (C=O) groups is 2. The predicted molar refractivity (Wildman–Crippen MR) is 105 cm³/mol. The van der Waals surface area contributed by atoms with Crippen LogP contribution in [0.5, 0.6) is 0 Å². The molecule has 0 radical (unpaired) electrons. The number of anilines is 1. The van der Waals surface area contributed by atoms with Gasteiger partial charge in [0.05, 0.1) is 17.5 Å². The monoisotopic (exact) mass is 396 g/mol. The smallest absolute Gasteiger partial charge is 0.274 e. The van der Waals surface area contributed by atoms with Gasteiger partial charge in [0.2, 0.25) is 0 Å². The first-order valence-electron chi connectivity index (χ1n) is 8.14. The second-order valence-corrected chi connectivity index (χ2v) is 6.05. The Balaban J connectivity index is 1.76. The molecule has 6 nitrogen and oxygen atoms in total. The lowest BCUT2D eigenvalue weighted by Gasteiger charge is -2.10. The van der Waals surface area contributed by atoms with Crippen LogP contribution in [0.3, 0.4) is 0 Å². The first-order valence-corrected chi connectivity index (χ1v) is 8.51. The Hall–Kier alpha value is -3.58. The fraction of sp³-hybridized carbons (Fsp3) is 0. The van der Waals surface area contributed by atoms with Crippen molar-refractivity contribution in [3.63, 3.8) is 0 Å². The lowest BCUT2D eigenvalue weighted by Crippen LogP contribution is -2.21. The number of hydrogen-bond acceptors (Lipinski definition) is 4. The van der Waals surface area contributed by atoms with Gasteiger partial charge in [0.1, 0.15) is 11.5 Å². The van der Waals surface area contributed by atoms with Crippen molar-refractivity contribution < 1.29 is 14.0 Å². The number of carbonyl (C=O) groups excluding carboxylic acids is 2. The van der Waals surface area contributed by atoms with E-state index in [1.54, 1.807) is 30.3 Å². The second-order valence-electron chi connectivity index (χ2n) is 5.61. The van der Waals surface area contributed by atoms with Crippen LogP contribution in [0.4, 0.5) is 10.1 Å². The Morgan fingerprint density at radius 3 is 2.64 bits per heavy atom. The molecular formula is C20H14ClFN4O2. The molecule has 2 N–H and O–H groups in total. The number of pyridine rings is 1. The number of nitrogens with one attached hydrogen (secondary N) is 2. The van der Waals surface area contributed by atoms with Crippen LogP contribution in [-0.2, 0) is 0 Å². The Kier molecular flexibility index (Phi) is 6.08. The molecule has 1 heterocycles. The van der Waals surface area contributed by atoms with Crippen molar-refractivity contribution in [3.8, 4) is 0 Å². The van der Waals surface area contributed by atoms with Gasteiger partial charge in [-0.3, -0.25) is 14.6 Å². The Labute approximate surface area is 165 Å². The van der Waals surface area contributed by atoms with Gasteiger partial charge in [0.25, 0.3) is 11.8 Å². The maximum Gasteiger partial charge on any atom is 0.274 e. The van der Waals surface area contributed by atoms with E-state index in [9.17, 15) is 14.0 Å². The maximum atomic E-state index is 13.2. The van der Waals surface area contributed by atoms with Gasteiger partial charge in [-0.05, 0) is 48.0 Å². The van der Waals surface area contributed by atoms with Crippen LogP contribution in [-0.4, -0.2) is 23.0 Å². The Bertz CT molecular complexity index is 1040. The molecule has 0 saturated heterocycles. The quantitative estimate of drug-likeness (QED) is 0.507. The number of hydrazone groups is 1. The molecule has 3 aromatic rings. The normalized spacial score (nSPS) is 10.6. The molecule has 0 saturated carbocycles. The minimum atomic E-state index is -0.591. The van der Waals surface area contributed by atoms with Gasteiger partial charge < -0.3 is 5.32 Å². The highest BCUT2D eigenvalue weighted by atomic mass is 35.5. The maximum absolute atomic E-state index is 13.2. The summed E-state index contributed by atoms with van der Waals surface area (Å²) in [6, 6.07) is 15.1. The van der Waals surface area contributed by atoms with E-state index in [0.717, 1.165) is 0 Å². The molecule has 0 unspecified atom stereocenters. The molecule has 0 aliphatic carbocycles. The van der Waals surface area contributed by atoms with Crippen molar-refractivity contribution in [2.24, 2.45) is 5.10 Å². The molecule has 3 rings (SSSR count). The summed E-state index contributed by atoms with van der Waals surface area (Å²) in [6.45, 7) is 0. The van der Waals surface area contributed by atoms with E-state index in [1.807, 2.05) is 0 Å². The minimum Gasteiger partial charge on any atom is -0.320 e. The summed E-state index contributed by atoms with van der Waals surface area (Å²) in [4.78, 5) is 28.7. The van der Waals surface area contributed by atoms with Crippen LogP contribution in [0, 0.1) is 5.82 Å². The third kappa shape index (κ3) is 4.99. The summed E-state index contributed by atoms with van der Waals surface area (Å²) in [5.41, 5.74) is 3.38. The molecule has 0 bridgehead atoms. The summed E-state index contributed by atoms with van der Waals surface area (Å²) in [7, 11) is 0. The first-order chi connectivity index (χ1) is 13.5. The van der Waals surface area contributed by atoms with E-state index in [2.05, 4.69) is 20.8 Å². The van der Waals surface area contributed by atoms with Crippen molar-refractivity contribution in [1.29, 1.82) is 0 Å². The van der Waals surface area contributed by atoms with Crippen LogP contribution in [0.2, 0.25) is 5.02 Å². The van der Waals surface area contributed by atoms with Crippen molar-refractivity contribution in [3.05, 3.63) is 94.5 Å². The lowest BCUT2D eigenvalue weighted by atomic mass is 10.1. The lowest BCUT2D eigenvalue weighted by molar-refractivity contribution is 0.0956.